The van der Waals surface area contributed by atoms with Crippen molar-refractivity contribution in [3.8, 4) is 0 Å². The molecule has 0 atom stereocenters. The van der Waals surface area contributed by atoms with Crippen LogP contribution in [0.2, 0.25) is 0 Å². The molecular formula is C19H19FN4O. The van der Waals surface area contributed by atoms with E-state index in [9.17, 15) is 9.18 Å². The third kappa shape index (κ3) is 2.88. The quantitative estimate of drug-likeness (QED) is 0.720. The van der Waals surface area contributed by atoms with E-state index >= 15 is 0 Å². The Morgan fingerprint density at radius 1 is 1.16 bits per heavy atom. The first kappa shape index (κ1) is 15.7. The monoisotopic (exact) mass is 338 g/mol. The molecule has 1 aliphatic heterocycles. The maximum absolute atomic E-state index is 13.3. The van der Waals surface area contributed by atoms with Crippen LogP contribution in [-0.2, 0) is 0 Å². The van der Waals surface area contributed by atoms with Gasteiger partial charge < -0.3 is 4.90 Å². The zero-order valence-corrected chi connectivity index (χ0v) is 14.0. The fourth-order valence-corrected chi connectivity index (χ4v) is 3.48. The SMILES string of the molecule is Cc1ccccc1C(=O)N1CCC(n2nnc3cc(F)ccc32)CC1. The molecule has 1 aliphatic rings. The summed E-state index contributed by atoms with van der Waals surface area (Å²) in [6.07, 6.45) is 1.63. The second-order valence-corrected chi connectivity index (χ2v) is 6.51. The molecule has 0 bridgehead atoms. The lowest BCUT2D eigenvalue weighted by molar-refractivity contribution is 0.0690. The van der Waals surface area contributed by atoms with Gasteiger partial charge in [0.15, 0.2) is 0 Å². The number of carbonyl (C=O) groups excluding carboxylic acids is 1. The molecule has 5 nitrogen and oxygen atoms in total. The largest absolute Gasteiger partial charge is 0.338 e. The molecule has 1 amide bonds. The van der Waals surface area contributed by atoms with Crippen LogP contribution in [0.4, 0.5) is 4.39 Å². The Balaban J connectivity index is 1.49. The molecule has 2 heterocycles. The van der Waals surface area contributed by atoms with Gasteiger partial charge in [0.2, 0.25) is 0 Å². The molecule has 1 saturated heterocycles. The second-order valence-electron chi connectivity index (χ2n) is 6.51. The number of likely N-dealkylation sites (tertiary alicyclic amines) is 1. The van der Waals surface area contributed by atoms with Crippen LogP contribution in [-0.4, -0.2) is 38.9 Å². The molecule has 25 heavy (non-hydrogen) atoms. The predicted octanol–water partition coefficient (Wildman–Crippen LogP) is 3.36. The van der Waals surface area contributed by atoms with E-state index in [0.29, 0.717) is 18.6 Å². The van der Waals surface area contributed by atoms with Crippen molar-refractivity contribution in [3.05, 3.63) is 59.4 Å². The highest BCUT2D eigenvalue weighted by molar-refractivity contribution is 5.95. The Morgan fingerprint density at radius 3 is 2.68 bits per heavy atom. The van der Waals surface area contributed by atoms with Crippen molar-refractivity contribution in [1.82, 2.24) is 19.9 Å². The predicted molar refractivity (Wildman–Crippen MR) is 92.8 cm³/mol. The normalized spacial score (nSPS) is 15.7. The van der Waals surface area contributed by atoms with Gasteiger partial charge in [-0.15, -0.1) is 5.10 Å². The first-order chi connectivity index (χ1) is 12.1. The molecule has 0 N–H and O–H groups in total. The number of hydrogen-bond acceptors (Lipinski definition) is 3. The van der Waals surface area contributed by atoms with Gasteiger partial charge in [-0.25, -0.2) is 9.07 Å². The molecule has 0 radical (unpaired) electrons. The standard InChI is InChI=1S/C19H19FN4O/c1-13-4-2-3-5-16(13)19(25)23-10-8-15(9-11-23)24-18-7-6-14(20)12-17(18)21-22-24/h2-7,12,15H,8-11H2,1H3. The average molecular weight is 338 g/mol. The number of amides is 1. The molecule has 6 heteroatoms. The topological polar surface area (TPSA) is 51.0 Å². The van der Waals surface area contributed by atoms with Gasteiger partial charge in [0.1, 0.15) is 11.3 Å². The Labute approximate surface area is 145 Å². The van der Waals surface area contributed by atoms with Crippen molar-refractivity contribution in [2.75, 3.05) is 13.1 Å². The smallest absolute Gasteiger partial charge is 0.254 e. The van der Waals surface area contributed by atoms with Gasteiger partial charge in [-0.2, -0.15) is 0 Å². The fraction of sp³-hybridized carbons (Fsp3) is 0.316. The molecule has 4 rings (SSSR count). The number of piperidine rings is 1. The van der Waals surface area contributed by atoms with Crippen molar-refractivity contribution in [2.24, 2.45) is 0 Å². The van der Waals surface area contributed by atoms with Crippen molar-refractivity contribution in [3.63, 3.8) is 0 Å². The van der Waals surface area contributed by atoms with E-state index in [4.69, 9.17) is 0 Å². The Kier molecular flexibility index (Phi) is 3.95. The molecule has 0 unspecified atom stereocenters. The summed E-state index contributed by atoms with van der Waals surface area (Å²) in [5, 5.41) is 8.26. The third-order valence-electron chi connectivity index (χ3n) is 4.91. The third-order valence-corrected chi connectivity index (χ3v) is 4.91. The highest BCUT2D eigenvalue weighted by Crippen LogP contribution is 2.26. The van der Waals surface area contributed by atoms with Crippen LogP contribution in [0.15, 0.2) is 42.5 Å². The maximum atomic E-state index is 13.3. The molecule has 2 aromatic carbocycles. The molecule has 1 fully saturated rings. The molecule has 0 saturated carbocycles. The van der Waals surface area contributed by atoms with Crippen molar-refractivity contribution in [1.29, 1.82) is 0 Å². The lowest BCUT2D eigenvalue weighted by atomic mass is 10.0. The number of aryl methyl sites for hydroxylation is 1. The zero-order chi connectivity index (χ0) is 17.4. The number of halogens is 1. The van der Waals surface area contributed by atoms with Crippen LogP contribution in [0.5, 0.6) is 0 Å². The summed E-state index contributed by atoms with van der Waals surface area (Å²) >= 11 is 0. The number of nitrogens with zero attached hydrogens (tertiary/aromatic N) is 4. The maximum Gasteiger partial charge on any atom is 0.254 e. The number of hydrogen-bond donors (Lipinski definition) is 0. The summed E-state index contributed by atoms with van der Waals surface area (Å²) in [6.45, 7) is 3.32. The van der Waals surface area contributed by atoms with Gasteiger partial charge in [0.05, 0.1) is 11.6 Å². The van der Waals surface area contributed by atoms with E-state index in [1.54, 1.807) is 6.07 Å². The number of benzene rings is 2. The summed E-state index contributed by atoms with van der Waals surface area (Å²) in [7, 11) is 0. The van der Waals surface area contributed by atoms with E-state index in [1.165, 1.54) is 12.1 Å². The number of fused-ring (bicyclic) bond motifs is 1. The Morgan fingerprint density at radius 2 is 1.92 bits per heavy atom. The van der Waals surface area contributed by atoms with E-state index in [2.05, 4.69) is 10.3 Å². The summed E-state index contributed by atoms with van der Waals surface area (Å²) in [6, 6.07) is 12.4. The first-order valence-corrected chi connectivity index (χ1v) is 8.49. The van der Waals surface area contributed by atoms with Crippen LogP contribution >= 0.6 is 0 Å². The van der Waals surface area contributed by atoms with Gasteiger partial charge in [-0.05, 0) is 43.5 Å². The minimum atomic E-state index is -0.307. The molecule has 3 aromatic rings. The van der Waals surface area contributed by atoms with E-state index < -0.39 is 0 Å². The highest BCUT2D eigenvalue weighted by atomic mass is 19.1. The molecular weight excluding hydrogens is 319 g/mol. The number of rotatable bonds is 2. The van der Waals surface area contributed by atoms with Gasteiger partial charge in [0.25, 0.3) is 5.91 Å². The lowest BCUT2D eigenvalue weighted by Crippen LogP contribution is -2.39. The summed E-state index contributed by atoms with van der Waals surface area (Å²) in [5.41, 5.74) is 3.17. The van der Waals surface area contributed by atoms with E-state index in [0.717, 1.165) is 29.5 Å². The average Bonchev–Trinajstić information content (AvgIpc) is 3.04. The van der Waals surface area contributed by atoms with Crippen LogP contribution < -0.4 is 0 Å². The van der Waals surface area contributed by atoms with Gasteiger partial charge in [-0.3, -0.25) is 4.79 Å². The van der Waals surface area contributed by atoms with Crippen LogP contribution in [0.3, 0.4) is 0 Å². The van der Waals surface area contributed by atoms with Crippen molar-refractivity contribution in [2.45, 2.75) is 25.8 Å². The zero-order valence-electron chi connectivity index (χ0n) is 14.0. The summed E-state index contributed by atoms with van der Waals surface area (Å²) in [5.74, 6) is -0.222. The Hall–Kier alpha value is -2.76. The summed E-state index contributed by atoms with van der Waals surface area (Å²) < 4.78 is 15.2. The van der Waals surface area contributed by atoms with Crippen molar-refractivity contribution < 1.29 is 9.18 Å². The highest BCUT2D eigenvalue weighted by Gasteiger charge is 2.26. The fourth-order valence-electron chi connectivity index (χ4n) is 3.48. The van der Waals surface area contributed by atoms with Gasteiger partial charge >= 0.3 is 0 Å². The lowest BCUT2D eigenvalue weighted by Gasteiger charge is -2.32. The molecule has 128 valence electrons. The number of carbonyl (C=O) groups is 1. The van der Waals surface area contributed by atoms with E-state index in [1.807, 2.05) is 40.8 Å². The van der Waals surface area contributed by atoms with E-state index in [-0.39, 0.29) is 17.8 Å². The minimum absolute atomic E-state index is 0.0852. The van der Waals surface area contributed by atoms with Crippen molar-refractivity contribution >= 4 is 16.9 Å². The van der Waals surface area contributed by atoms with Gasteiger partial charge in [-0.1, -0.05) is 23.4 Å². The Bertz CT molecular complexity index is 928. The first-order valence-electron chi connectivity index (χ1n) is 8.49. The van der Waals surface area contributed by atoms with Gasteiger partial charge in [0, 0.05) is 24.7 Å². The summed E-state index contributed by atoms with van der Waals surface area (Å²) in [4.78, 5) is 14.6. The molecule has 0 aliphatic carbocycles. The molecule has 1 aromatic heterocycles. The number of aromatic nitrogens is 3. The second kappa shape index (κ2) is 6.27. The van der Waals surface area contributed by atoms with Crippen LogP contribution in [0.25, 0.3) is 11.0 Å². The minimum Gasteiger partial charge on any atom is -0.338 e. The molecule has 0 spiro atoms. The van der Waals surface area contributed by atoms with Crippen LogP contribution in [0, 0.1) is 12.7 Å². The van der Waals surface area contributed by atoms with Crippen LogP contribution in [0.1, 0.15) is 34.8 Å².